The summed E-state index contributed by atoms with van der Waals surface area (Å²) in [4.78, 5) is -0.0852. The van der Waals surface area contributed by atoms with Crippen LogP contribution in [0.15, 0.2) is 58.3 Å². The number of aliphatic hydroxyl groups excluding tert-OH is 2. The molecule has 11 nitrogen and oxygen atoms in total. The fourth-order valence-corrected chi connectivity index (χ4v) is 4.98. The van der Waals surface area contributed by atoms with Gasteiger partial charge in [-0.2, -0.15) is 38.4 Å². The molecule has 0 saturated heterocycles. The Bertz CT molecular complexity index is 1360. The molecule has 0 bridgehead atoms. The maximum atomic E-state index is 12.2. The molecule has 41 heavy (non-hydrogen) atoms. The monoisotopic (exact) mass is 652 g/mol. The first-order chi connectivity index (χ1) is 18.8. The van der Waals surface area contributed by atoms with Crippen molar-refractivity contribution in [1.82, 2.24) is 0 Å². The van der Waals surface area contributed by atoms with Crippen molar-refractivity contribution in [3.8, 4) is 0 Å². The quantitative estimate of drug-likeness (QED) is 0.254. The number of alkyl halides is 3. The predicted octanol–water partition coefficient (Wildman–Crippen LogP) is 3.42. The Morgan fingerprint density at radius 2 is 1.07 bits per heavy atom. The Hall–Kier alpha value is -2.12. The summed E-state index contributed by atoms with van der Waals surface area (Å²) in [7, 11) is -12.8. The number of rotatable bonds is 12. The molecule has 2 atom stereocenters. The van der Waals surface area contributed by atoms with Crippen LogP contribution in [0.3, 0.4) is 0 Å². The van der Waals surface area contributed by atoms with Crippen molar-refractivity contribution in [2.45, 2.75) is 68.0 Å². The highest BCUT2D eigenvalue weighted by Crippen LogP contribution is 2.26. The van der Waals surface area contributed by atoms with Gasteiger partial charge in [0, 0.05) is 7.11 Å². The zero-order valence-electron chi connectivity index (χ0n) is 23.0. The molecule has 2 N–H and O–H groups in total. The molecule has 0 spiro atoms. The van der Waals surface area contributed by atoms with E-state index in [0.717, 1.165) is 18.2 Å². The Kier molecular flexibility index (Phi) is 16.2. The SMILES string of the molecule is CCC(COS(=O)(=O)c1ccc(C)cc1)OS(=O)(=O)C(F)(F)F.CCC(O)COS(=O)(=O)c1ccc(C)cc1.CO. The molecule has 2 unspecified atom stereocenters. The fourth-order valence-electron chi connectivity index (χ4n) is 2.44. The smallest absolute Gasteiger partial charge is 0.400 e. The van der Waals surface area contributed by atoms with Gasteiger partial charge in [0.2, 0.25) is 0 Å². The highest BCUT2D eigenvalue weighted by Gasteiger charge is 2.48. The standard InChI is InChI=1S/C12H15F3O6S2.C11H16O4S.CH4O/c1-3-10(21-23(18,19)12(13,14)15)8-20-22(16,17)11-6-4-9(2)5-7-11;1-3-10(12)8-15-16(13,14)11-6-4-9(2)5-7-11;1-2/h4-7,10H,3,8H2,1-2H3;4-7,10,12H,3,8H2,1-2H3;2H,1H3. The summed E-state index contributed by atoms with van der Waals surface area (Å²) >= 11 is 0. The summed E-state index contributed by atoms with van der Waals surface area (Å²) in [5, 5.41) is 16.2. The lowest BCUT2D eigenvalue weighted by Crippen LogP contribution is -2.32. The van der Waals surface area contributed by atoms with Gasteiger partial charge in [-0.1, -0.05) is 49.2 Å². The van der Waals surface area contributed by atoms with E-state index >= 15 is 0 Å². The number of aliphatic hydroxyl groups is 2. The predicted molar refractivity (Wildman–Crippen MR) is 143 cm³/mol. The molecular weight excluding hydrogens is 617 g/mol. The molecule has 0 aliphatic rings. The summed E-state index contributed by atoms with van der Waals surface area (Å²) < 4.78 is 119. The van der Waals surface area contributed by atoms with Crippen LogP contribution in [0.25, 0.3) is 0 Å². The molecule has 0 radical (unpaired) electrons. The van der Waals surface area contributed by atoms with Crippen LogP contribution >= 0.6 is 0 Å². The molecule has 0 aliphatic carbocycles. The number of hydrogen-bond acceptors (Lipinski definition) is 11. The Labute approximate surface area is 239 Å². The summed E-state index contributed by atoms with van der Waals surface area (Å²) in [6.07, 6.45) is -2.07. The van der Waals surface area contributed by atoms with Crippen molar-refractivity contribution in [2.75, 3.05) is 20.3 Å². The Morgan fingerprint density at radius 1 is 0.707 bits per heavy atom. The van der Waals surface area contributed by atoms with Crippen LogP contribution in [0.1, 0.15) is 37.8 Å². The number of hydrogen-bond donors (Lipinski definition) is 2. The van der Waals surface area contributed by atoms with Crippen LogP contribution in [-0.2, 0) is 42.9 Å². The summed E-state index contributed by atoms with van der Waals surface area (Å²) in [5.41, 5.74) is -3.81. The van der Waals surface area contributed by atoms with Gasteiger partial charge in [-0.05, 0) is 51.0 Å². The lowest BCUT2D eigenvalue weighted by molar-refractivity contribution is -0.0587. The Balaban J connectivity index is 0.000000777. The third-order valence-electron chi connectivity index (χ3n) is 4.92. The zero-order valence-corrected chi connectivity index (χ0v) is 25.5. The van der Waals surface area contributed by atoms with Gasteiger partial charge in [-0.15, -0.1) is 0 Å². The van der Waals surface area contributed by atoms with Crippen LogP contribution < -0.4 is 0 Å². The minimum atomic E-state index is -5.82. The van der Waals surface area contributed by atoms with Gasteiger partial charge in [0.1, 0.15) is 6.10 Å². The van der Waals surface area contributed by atoms with E-state index in [9.17, 15) is 43.5 Å². The molecule has 17 heteroatoms. The summed E-state index contributed by atoms with van der Waals surface area (Å²) in [6.45, 7) is 5.64. The summed E-state index contributed by atoms with van der Waals surface area (Å²) in [5.74, 6) is 0. The van der Waals surface area contributed by atoms with Gasteiger partial charge in [-0.3, -0.25) is 12.5 Å². The van der Waals surface area contributed by atoms with E-state index in [1.54, 1.807) is 26.0 Å². The van der Waals surface area contributed by atoms with Gasteiger partial charge in [-0.25, -0.2) is 0 Å². The highest BCUT2D eigenvalue weighted by atomic mass is 32.2. The largest absolute Gasteiger partial charge is 0.523 e. The average Bonchev–Trinajstić information content (AvgIpc) is 2.91. The topological polar surface area (TPSA) is 171 Å². The first kappa shape index (κ1) is 38.9. The van der Waals surface area contributed by atoms with Crippen molar-refractivity contribution >= 4 is 30.4 Å². The molecule has 236 valence electrons. The van der Waals surface area contributed by atoms with Gasteiger partial charge < -0.3 is 10.2 Å². The molecule has 0 heterocycles. The second-order valence-corrected chi connectivity index (χ2v) is 13.0. The van der Waals surface area contributed by atoms with E-state index in [1.165, 1.54) is 43.3 Å². The second-order valence-electron chi connectivity index (χ2n) is 8.19. The molecule has 2 aromatic rings. The third kappa shape index (κ3) is 13.6. The second kappa shape index (κ2) is 17.1. The van der Waals surface area contributed by atoms with Crippen molar-refractivity contribution in [1.29, 1.82) is 0 Å². The molecule has 2 aromatic carbocycles. The third-order valence-corrected chi connectivity index (χ3v) is 8.60. The minimum absolute atomic E-state index is 0.112. The maximum absolute atomic E-state index is 12.2. The van der Waals surface area contributed by atoms with Crippen molar-refractivity contribution < 1.29 is 61.2 Å². The maximum Gasteiger partial charge on any atom is 0.523 e. The molecule has 0 amide bonds. The van der Waals surface area contributed by atoms with Crippen molar-refractivity contribution in [3.63, 3.8) is 0 Å². The van der Waals surface area contributed by atoms with E-state index in [1.807, 2.05) is 6.92 Å². The fraction of sp³-hybridized carbons (Fsp3) is 0.500. The molecule has 0 saturated carbocycles. The zero-order chi connectivity index (χ0) is 32.1. The van der Waals surface area contributed by atoms with E-state index in [-0.39, 0.29) is 22.8 Å². The highest BCUT2D eigenvalue weighted by molar-refractivity contribution is 7.87. The Morgan fingerprint density at radius 3 is 1.39 bits per heavy atom. The van der Waals surface area contributed by atoms with Crippen LogP contribution in [-0.4, -0.2) is 73.5 Å². The summed E-state index contributed by atoms with van der Waals surface area (Å²) in [6, 6.07) is 11.9. The van der Waals surface area contributed by atoms with Gasteiger partial charge in [0.25, 0.3) is 20.2 Å². The molecule has 2 rings (SSSR count). The van der Waals surface area contributed by atoms with E-state index in [0.29, 0.717) is 6.42 Å². The lowest BCUT2D eigenvalue weighted by Gasteiger charge is -2.17. The molecular formula is C24H35F3O11S3. The van der Waals surface area contributed by atoms with Crippen LogP contribution in [0, 0.1) is 13.8 Å². The van der Waals surface area contributed by atoms with Crippen molar-refractivity contribution in [3.05, 3.63) is 59.7 Å². The molecule has 0 aliphatic heterocycles. The van der Waals surface area contributed by atoms with Gasteiger partial charge >= 0.3 is 15.6 Å². The van der Waals surface area contributed by atoms with Crippen molar-refractivity contribution in [2.24, 2.45) is 0 Å². The molecule has 0 fully saturated rings. The van der Waals surface area contributed by atoms with E-state index < -0.39 is 54.7 Å². The van der Waals surface area contributed by atoms with Gasteiger partial charge in [0.15, 0.2) is 0 Å². The van der Waals surface area contributed by atoms with Crippen LogP contribution in [0.2, 0.25) is 0 Å². The van der Waals surface area contributed by atoms with E-state index in [2.05, 4.69) is 8.37 Å². The average molecular weight is 653 g/mol. The molecule has 0 aromatic heterocycles. The van der Waals surface area contributed by atoms with Gasteiger partial charge in [0.05, 0.1) is 29.1 Å². The number of aryl methyl sites for hydroxylation is 2. The first-order valence-corrected chi connectivity index (χ1v) is 16.1. The van der Waals surface area contributed by atoms with E-state index in [4.69, 9.17) is 9.29 Å². The lowest BCUT2D eigenvalue weighted by atomic mass is 10.2. The normalized spacial score (nSPS) is 13.7. The number of halogens is 3. The first-order valence-electron chi connectivity index (χ1n) is 11.9. The minimum Gasteiger partial charge on any atom is -0.400 e. The van der Waals surface area contributed by atoms with Crippen LogP contribution in [0.4, 0.5) is 13.2 Å². The van der Waals surface area contributed by atoms with Crippen LogP contribution in [0.5, 0.6) is 0 Å². The number of benzene rings is 2.